The van der Waals surface area contributed by atoms with Gasteiger partial charge < -0.3 is 16.4 Å². The normalized spacial score (nSPS) is 11.5. The van der Waals surface area contributed by atoms with Crippen molar-refractivity contribution in [2.75, 3.05) is 30.0 Å². The zero-order valence-electron chi connectivity index (χ0n) is 13.8. The summed E-state index contributed by atoms with van der Waals surface area (Å²) >= 11 is 0. The molecule has 2 heterocycles. The lowest BCUT2D eigenvalue weighted by atomic mass is 10.2. The average Bonchev–Trinajstić information content (AvgIpc) is 2.61. The van der Waals surface area contributed by atoms with Gasteiger partial charge in [-0.05, 0) is 24.3 Å². The molecule has 0 aliphatic rings. The molecule has 3 aromatic rings. The Labute approximate surface area is 146 Å². The van der Waals surface area contributed by atoms with Crippen LogP contribution in [0.1, 0.15) is 0 Å². The van der Waals surface area contributed by atoms with Crippen molar-refractivity contribution in [1.82, 2.24) is 9.55 Å². The third kappa shape index (κ3) is 3.28. The summed E-state index contributed by atoms with van der Waals surface area (Å²) in [4.78, 5) is 17.0. The zero-order chi connectivity index (χ0) is 18.9. The highest BCUT2D eigenvalue weighted by Gasteiger charge is 2.27. The van der Waals surface area contributed by atoms with E-state index < -0.39 is 18.3 Å². The molecule has 0 amide bonds. The van der Waals surface area contributed by atoms with Gasteiger partial charge in [-0.15, -0.1) is 0 Å². The van der Waals surface area contributed by atoms with Crippen molar-refractivity contribution in [3.63, 3.8) is 0 Å². The number of nitrogens with zero attached hydrogens (tertiary/aromatic N) is 2. The Morgan fingerprint density at radius 3 is 2.46 bits per heavy atom. The minimum absolute atomic E-state index is 0.00153. The van der Waals surface area contributed by atoms with Gasteiger partial charge in [-0.1, -0.05) is 18.2 Å². The lowest BCUT2D eigenvalue weighted by Gasteiger charge is -2.16. The van der Waals surface area contributed by atoms with Crippen LogP contribution in [0.2, 0.25) is 0 Å². The second kappa shape index (κ2) is 6.58. The molecular weight excluding hydrogens is 347 g/mol. The average molecular weight is 363 g/mol. The fraction of sp³-hybridized carbons (Fsp3) is 0.176. The van der Waals surface area contributed by atoms with Gasteiger partial charge in [-0.2, -0.15) is 13.2 Å². The molecule has 0 fully saturated rings. The molecule has 0 spiro atoms. The fourth-order valence-electron chi connectivity index (χ4n) is 2.66. The van der Waals surface area contributed by atoms with E-state index in [2.05, 4.69) is 15.6 Å². The van der Waals surface area contributed by atoms with Crippen LogP contribution in [0.5, 0.6) is 0 Å². The Morgan fingerprint density at radius 2 is 1.85 bits per heavy atom. The second-order valence-corrected chi connectivity index (χ2v) is 5.55. The first-order chi connectivity index (χ1) is 12.3. The highest BCUT2D eigenvalue weighted by Crippen LogP contribution is 2.28. The first-order valence-electron chi connectivity index (χ1n) is 7.71. The number of halogens is 3. The van der Waals surface area contributed by atoms with Crippen LogP contribution >= 0.6 is 0 Å². The van der Waals surface area contributed by atoms with Gasteiger partial charge in [0.25, 0.3) is 5.56 Å². The maximum Gasteiger partial charge on any atom is 0.405 e. The predicted molar refractivity (Wildman–Crippen MR) is 95.8 cm³/mol. The smallest absolute Gasteiger partial charge is 0.393 e. The van der Waals surface area contributed by atoms with Crippen molar-refractivity contribution >= 4 is 28.2 Å². The molecule has 4 N–H and O–H groups in total. The molecule has 0 saturated carbocycles. The van der Waals surface area contributed by atoms with Crippen LogP contribution < -0.4 is 21.9 Å². The number of pyridine rings is 2. The Balaban J connectivity index is 2.26. The molecule has 9 heteroatoms. The molecule has 1 aromatic carbocycles. The standard InChI is InChI=1S/C17H16F3N5O/c1-22-14-11-7-8-12(23-9-17(18,19)20)24-15(11)25(16(26)13(14)21)10-5-3-2-4-6-10/h2-8,22H,9,21H2,1H3,(H,23,24). The van der Waals surface area contributed by atoms with Gasteiger partial charge in [0.05, 0.1) is 11.4 Å². The van der Waals surface area contributed by atoms with Crippen LogP contribution in [0.15, 0.2) is 47.3 Å². The number of anilines is 3. The first kappa shape index (κ1) is 17.6. The summed E-state index contributed by atoms with van der Waals surface area (Å²) in [6.07, 6.45) is -4.38. The van der Waals surface area contributed by atoms with Crippen molar-refractivity contribution in [2.45, 2.75) is 6.18 Å². The van der Waals surface area contributed by atoms with E-state index in [1.807, 2.05) is 0 Å². The van der Waals surface area contributed by atoms with E-state index in [0.717, 1.165) is 0 Å². The topological polar surface area (TPSA) is 85.0 Å². The predicted octanol–water partition coefficient (Wildman–Crippen LogP) is 2.98. The van der Waals surface area contributed by atoms with Crippen molar-refractivity contribution in [1.29, 1.82) is 0 Å². The Bertz CT molecular complexity index is 999. The molecule has 0 saturated heterocycles. The number of nitrogens with one attached hydrogen (secondary N) is 2. The van der Waals surface area contributed by atoms with Gasteiger partial charge in [-0.25, -0.2) is 4.98 Å². The maximum atomic E-state index is 12.7. The molecule has 0 radical (unpaired) electrons. The van der Waals surface area contributed by atoms with E-state index in [4.69, 9.17) is 5.73 Å². The zero-order valence-corrected chi connectivity index (χ0v) is 13.8. The summed E-state index contributed by atoms with van der Waals surface area (Å²) in [5.41, 5.74) is 6.55. The van der Waals surface area contributed by atoms with Crippen LogP contribution in [-0.4, -0.2) is 29.3 Å². The Morgan fingerprint density at radius 1 is 1.15 bits per heavy atom. The van der Waals surface area contributed by atoms with Gasteiger partial charge in [0, 0.05) is 12.4 Å². The number of fused-ring (bicyclic) bond motifs is 1. The van der Waals surface area contributed by atoms with Gasteiger partial charge >= 0.3 is 6.18 Å². The van der Waals surface area contributed by atoms with Gasteiger partial charge in [0.2, 0.25) is 0 Å². The summed E-state index contributed by atoms with van der Waals surface area (Å²) < 4.78 is 38.7. The molecule has 2 aromatic heterocycles. The molecule has 3 rings (SSSR count). The van der Waals surface area contributed by atoms with Crippen molar-refractivity contribution in [3.05, 3.63) is 52.8 Å². The van der Waals surface area contributed by atoms with E-state index >= 15 is 0 Å². The number of rotatable bonds is 4. The lowest BCUT2D eigenvalue weighted by molar-refractivity contribution is -0.115. The van der Waals surface area contributed by atoms with Crippen LogP contribution in [0.4, 0.5) is 30.4 Å². The van der Waals surface area contributed by atoms with Crippen molar-refractivity contribution in [3.8, 4) is 5.69 Å². The van der Waals surface area contributed by atoms with Crippen molar-refractivity contribution in [2.24, 2.45) is 0 Å². The lowest BCUT2D eigenvalue weighted by Crippen LogP contribution is -2.25. The number of hydrogen-bond donors (Lipinski definition) is 3. The minimum atomic E-state index is -4.38. The number of alkyl halides is 3. The summed E-state index contributed by atoms with van der Waals surface area (Å²) in [5.74, 6) is 0.00531. The third-order valence-corrected chi connectivity index (χ3v) is 3.79. The summed E-state index contributed by atoms with van der Waals surface area (Å²) in [6.45, 7) is -1.23. The first-order valence-corrected chi connectivity index (χ1v) is 7.71. The van der Waals surface area contributed by atoms with E-state index in [1.54, 1.807) is 43.4 Å². The number of benzene rings is 1. The van der Waals surface area contributed by atoms with E-state index in [0.29, 0.717) is 16.8 Å². The number of nitrogens with two attached hydrogens (primary N) is 1. The minimum Gasteiger partial charge on any atom is -0.393 e. The van der Waals surface area contributed by atoms with Crippen molar-refractivity contribution < 1.29 is 13.2 Å². The molecule has 0 unspecified atom stereocenters. The molecule has 26 heavy (non-hydrogen) atoms. The van der Waals surface area contributed by atoms with Gasteiger partial charge in [0.1, 0.15) is 18.1 Å². The molecule has 136 valence electrons. The molecule has 0 atom stereocenters. The monoisotopic (exact) mass is 363 g/mol. The van der Waals surface area contributed by atoms with E-state index in [9.17, 15) is 18.0 Å². The number of hydrogen-bond acceptors (Lipinski definition) is 5. The number of aromatic nitrogens is 2. The maximum absolute atomic E-state index is 12.7. The fourth-order valence-corrected chi connectivity index (χ4v) is 2.66. The van der Waals surface area contributed by atoms with Gasteiger partial charge in [0.15, 0.2) is 5.65 Å². The van der Waals surface area contributed by atoms with E-state index in [1.165, 1.54) is 10.6 Å². The quantitative estimate of drug-likeness (QED) is 0.664. The number of para-hydroxylation sites is 1. The molecule has 0 aliphatic heterocycles. The van der Waals surface area contributed by atoms with Crippen LogP contribution in [0.3, 0.4) is 0 Å². The van der Waals surface area contributed by atoms with Crippen LogP contribution in [0.25, 0.3) is 16.7 Å². The molecule has 0 aliphatic carbocycles. The largest absolute Gasteiger partial charge is 0.405 e. The Hall–Kier alpha value is -3.23. The van der Waals surface area contributed by atoms with Crippen LogP contribution in [0, 0.1) is 0 Å². The molecule has 0 bridgehead atoms. The molecule has 6 nitrogen and oxygen atoms in total. The van der Waals surface area contributed by atoms with Gasteiger partial charge in [-0.3, -0.25) is 9.36 Å². The highest BCUT2D eigenvalue weighted by molar-refractivity contribution is 5.96. The summed E-state index contributed by atoms with van der Waals surface area (Å²) in [5, 5.41) is 5.60. The Kier molecular flexibility index (Phi) is 4.45. The number of nitrogen functional groups attached to an aromatic ring is 1. The van der Waals surface area contributed by atoms with E-state index in [-0.39, 0.29) is 17.2 Å². The highest BCUT2D eigenvalue weighted by atomic mass is 19.4. The third-order valence-electron chi connectivity index (χ3n) is 3.79. The summed E-state index contributed by atoms with van der Waals surface area (Å²) in [6, 6.07) is 11.6. The molecular formula is C17H16F3N5O. The summed E-state index contributed by atoms with van der Waals surface area (Å²) in [7, 11) is 1.60. The second-order valence-electron chi connectivity index (χ2n) is 5.55. The van der Waals surface area contributed by atoms with Crippen LogP contribution in [-0.2, 0) is 0 Å². The SMILES string of the molecule is CNc1c(N)c(=O)n(-c2ccccc2)c2nc(NCC(F)(F)F)ccc12.